The second-order valence-electron chi connectivity index (χ2n) is 18.7. The fourth-order valence-corrected chi connectivity index (χ4v) is 12.0. The van der Waals surface area contributed by atoms with Crippen LogP contribution in [0.2, 0.25) is 0 Å². The van der Waals surface area contributed by atoms with Gasteiger partial charge in [0, 0.05) is 84.7 Å². The number of benzene rings is 11. The summed E-state index contributed by atoms with van der Waals surface area (Å²) < 4.78 is 4.81. The fourth-order valence-electron chi connectivity index (χ4n) is 12.0. The average Bonchev–Trinajstić information content (AvgIpc) is 4.17. The third-order valence-electron chi connectivity index (χ3n) is 15.1. The van der Waals surface area contributed by atoms with Crippen LogP contribution in [-0.4, -0.2) is 19.1 Å². The Morgan fingerprint density at radius 2 is 0.849 bits per heavy atom. The van der Waals surface area contributed by atoms with E-state index in [4.69, 9.17) is 0 Å². The van der Waals surface area contributed by atoms with Crippen molar-refractivity contribution in [1.82, 2.24) is 19.1 Å². The zero-order valence-electron chi connectivity index (χ0n) is 43.9. The molecule has 4 heterocycles. The summed E-state index contributed by atoms with van der Waals surface area (Å²) in [6.45, 7) is 16.5. The third-order valence-corrected chi connectivity index (χ3v) is 15.1. The Labute approximate surface area is 427 Å². The highest BCUT2D eigenvalue weighted by Crippen LogP contribution is 2.43. The van der Waals surface area contributed by atoms with Gasteiger partial charge in [-0.2, -0.15) is 0 Å². The summed E-state index contributed by atoms with van der Waals surface area (Å²) in [7, 11) is 4.44. The summed E-state index contributed by atoms with van der Waals surface area (Å²) in [5.74, 6) is 0. The van der Waals surface area contributed by atoms with Crippen LogP contribution in [0.4, 0.5) is 0 Å². The number of hydrogen-bond acceptors (Lipinski definition) is 0. The second kappa shape index (κ2) is 19.0. The van der Waals surface area contributed by atoms with Crippen LogP contribution in [0.5, 0.6) is 0 Å². The molecule has 0 saturated heterocycles. The molecule has 0 aliphatic carbocycles. The first-order valence-electron chi connectivity index (χ1n) is 26.5. The number of aryl methyl sites for hydroxylation is 4. The number of hydrogen-bond donors (Lipinski definition) is 2. The summed E-state index contributed by atoms with van der Waals surface area (Å²) in [6.07, 6.45) is 1.03. The molecule has 0 unspecified atom stereocenters. The SMILES string of the molecule is CC.CC.CC.CCc1ccccc1-c1c(C)c2ccc3[nH]c4cc5cc6ccccc6cc5cc4c3c2n1C.Cn1c2c3ccccc3ccc2c2ccc3[nH]c4c5cc6ccccc6cc5ccc4c3c21. The predicted octanol–water partition coefficient (Wildman–Crippen LogP) is 20.2. The molecule has 15 rings (SSSR count). The minimum absolute atomic E-state index is 1.03. The van der Waals surface area contributed by atoms with Gasteiger partial charge < -0.3 is 19.1 Å². The summed E-state index contributed by atoms with van der Waals surface area (Å²) in [4.78, 5) is 7.49. The third kappa shape index (κ3) is 7.33. The van der Waals surface area contributed by atoms with E-state index in [-0.39, 0.29) is 0 Å². The molecule has 0 aliphatic heterocycles. The van der Waals surface area contributed by atoms with Crippen molar-refractivity contribution in [2.45, 2.75) is 61.8 Å². The van der Waals surface area contributed by atoms with Crippen molar-refractivity contribution < 1.29 is 0 Å². The van der Waals surface area contributed by atoms with Gasteiger partial charge in [-0.3, -0.25) is 0 Å². The van der Waals surface area contributed by atoms with Crippen LogP contribution in [0, 0.1) is 6.92 Å². The van der Waals surface area contributed by atoms with Gasteiger partial charge in [0.25, 0.3) is 0 Å². The Bertz CT molecular complexity index is 4590. The molecule has 0 atom stereocenters. The van der Waals surface area contributed by atoms with Crippen LogP contribution in [0.15, 0.2) is 182 Å². The topological polar surface area (TPSA) is 41.4 Å². The first-order chi connectivity index (χ1) is 35.9. The number of fused-ring (bicyclic) bond motifs is 19. The molecule has 15 aromatic rings. The highest BCUT2D eigenvalue weighted by Gasteiger charge is 2.21. The lowest BCUT2D eigenvalue weighted by Gasteiger charge is -2.11. The van der Waals surface area contributed by atoms with Gasteiger partial charge in [-0.05, 0) is 116 Å². The van der Waals surface area contributed by atoms with Gasteiger partial charge in [-0.25, -0.2) is 0 Å². The first kappa shape index (κ1) is 47.0. The summed E-state index contributed by atoms with van der Waals surface area (Å²) in [5.41, 5.74) is 14.1. The molecule has 0 spiro atoms. The zero-order chi connectivity index (χ0) is 50.7. The largest absolute Gasteiger partial charge is 0.354 e. The lowest BCUT2D eigenvalue weighted by Crippen LogP contribution is -1.96. The van der Waals surface area contributed by atoms with E-state index in [0.29, 0.717) is 0 Å². The van der Waals surface area contributed by atoms with Crippen molar-refractivity contribution >= 4 is 130 Å². The lowest BCUT2D eigenvalue weighted by molar-refractivity contribution is 0.972. The van der Waals surface area contributed by atoms with Gasteiger partial charge >= 0.3 is 0 Å². The van der Waals surface area contributed by atoms with Crippen LogP contribution >= 0.6 is 0 Å². The zero-order valence-corrected chi connectivity index (χ0v) is 43.9. The molecule has 0 radical (unpaired) electrons. The highest BCUT2D eigenvalue weighted by molar-refractivity contribution is 6.30. The maximum Gasteiger partial charge on any atom is 0.0590 e. The highest BCUT2D eigenvalue weighted by atomic mass is 15.0. The monoisotopic (exact) mass is 949 g/mol. The van der Waals surface area contributed by atoms with Crippen molar-refractivity contribution in [3.63, 3.8) is 0 Å². The molecule has 4 heteroatoms. The molecule has 11 aromatic carbocycles. The van der Waals surface area contributed by atoms with Gasteiger partial charge in [-0.15, -0.1) is 0 Å². The molecule has 4 aromatic heterocycles. The van der Waals surface area contributed by atoms with Crippen molar-refractivity contribution in [2.24, 2.45) is 14.1 Å². The van der Waals surface area contributed by atoms with E-state index >= 15 is 0 Å². The van der Waals surface area contributed by atoms with Gasteiger partial charge in [0.15, 0.2) is 0 Å². The minimum atomic E-state index is 1.03. The summed E-state index contributed by atoms with van der Waals surface area (Å²) in [5, 5.41) is 22.0. The molecule has 0 bridgehead atoms. The maximum absolute atomic E-state index is 3.77. The van der Waals surface area contributed by atoms with Crippen LogP contribution in [0.1, 0.15) is 59.6 Å². The molecule has 0 fully saturated rings. The van der Waals surface area contributed by atoms with Crippen molar-refractivity contribution in [3.05, 3.63) is 193 Å². The van der Waals surface area contributed by atoms with Crippen molar-refractivity contribution in [2.75, 3.05) is 0 Å². The van der Waals surface area contributed by atoms with E-state index in [1.165, 1.54) is 153 Å². The molecule has 73 heavy (non-hydrogen) atoms. The van der Waals surface area contributed by atoms with E-state index in [9.17, 15) is 0 Å². The molecule has 0 amide bonds. The Morgan fingerprint density at radius 1 is 0.356 bits per heavy atom. The molecule has 0 aliphatic rings. The van der Waals surface area contributed by atoms with E-state index in [2.05, 4.69) is 229 Å². The fraction of sp³-hybridized carbons (Fsp3) is 0.159. The standard InChI is InChI=1S/C32H26N2.C31H20N2.3C2H6/c1-4-20-9-7-8-12-26(20)31-19(2)25-13-14-28-30(32(25)34(31)3)27-17-23-15-21-10-5-6-11-22(21)16-24(23)18-29(27)33-28;1-33-30-22-9-5-4-6-18(22)10-12-23(30)24-14-15-27-28(31(24)33)25-13-11-21-16-19-7-2-3-8-20(19)17-26(21)29(25)32-27;3*1-2/h5-18,33H,4H2,1-3H3;2-17,32H,1H3;3*1-2H3. The second-order valence-corrected chi connectivity index (χ2v) is 18.7. The Balaban J connectivity index is 0.000000143. The molecule has 0 saturated carbocycles. The lowest BCUT2D eigenvalue weighted by atomic mass is 9.99. The van der Waals surface area contributed by atoms with Gasteiger partial charge in [-0.1, -0.05) is 182 Å². The minimum Gasteiger partial charge on any atom is -0.354 e. The van der Waals surface area contributed by atoms with E-state index in [0.717, 1.165) is 6.42 Å². The van der Waals surface area contributed by atoms with Crippen LogP contribution in [-0.2, 0) is 20.5 Å². The summed E-state index contributed by atoms with van der Waals surface area (Å²) >= 11 is 0. The summed E-state index contributed by atoms with van der Waals surface area (Å²) in [6, 6.07) is 66.8. The molecule has 4 nitrogen and oxygen atoms in total. The van der Waals surface area contributed by atoms with Crippen molar-refractivity contribution in [1.29, 1.82) is 0 Å². The van der Waals surface area contributed by atoms with Gasteiger partial charge in [0.2, 0.25) is 0 Å². The number of H-pyrrole nitrogens is 2. The van der Waals surface area contributed by atoms with Crippen LogP contribution < -0.4 is 0 Å². The number of nitrogens with zero attached hydrogens (tertiary/aromatic N) is 2. The number of nitrogens with one attached hydrogen (secondary N) is 2. The molecule has 360 valence electrons. The quantitative estimate of drug-likeness (QED) is 0.162. The van der Waals surface area contributed by atoms with E-state index < -0.39 is 0 Å². The molecular formula is C69H64N4. The van der Waals surface area contributed by atoms with E-state index in [1.807, 2.05) is 41.5 Å². The maximum atomic E-state index is 3.77. The smallest absolute Gasteiger partial charge is 0.0590 e. The number of rotatable bonds is 2. The van der Waals surface area contributed by atoms with Gasteiger partial charge in [0.1, 0.15) is 0 Å². The molecular weight excluding hydrogens is 885 g/mol. The first-order valence-corrected chi connectivity index (χ1v) is 26.5. The van der Waals surface area contributed by atoms with Crippen molar-refractivity contribution in [3.8, 4) is 11.3 Å². The van der Waals surface area contributed by atoms with Gasteiger partial charge in [0.05, 0.1) is 27.8 Å². The Hall–Kier alpha value is -8.34. The van der Waals surface area contributed by atoms with Crippen LogP contribution in [0.25, 0.3) is 141 Å². The Morgan fingerprint density at radius 3 is 1.55 bits per heavy atom. The average molecular weight is 949 g/mol. The van der Waals surface area contributed by atoms with E-state index in [1.54, 1.807) is 0 Å². The number of aromatic nitrogens is 4. The Kier molecular flexibility index (Phi) is 12.2. The molecule has 2 N–H and O–H groups in total. The normalized spacial score (nSPS) is 11.5. The van der Waals surface area contributed by atoms with Crippen LogP contribution in [0.3, 0.4) is 0 Å². The predicted molar refractivity (Wildman–Crippen MR) is 323 cm³/mol. The number of aromatic amines is 2.